The summed E-state index contributed by atoms with van der Waals surface area (Å²) in [5.74, 6) is 0. The fraction of sp³-hybridized carbons (Fsp3) is 0.0909. The smallest absolute Gasteiger partial charge is 0.262 e. The van der Waals surface area contributed by atoms with Crippen molar-refractivity contribution in [2.24, 2.45) is 0 Å². The van der Waals surface area contributed by atoms with Gasteiger partial charge < -0.3 is 0 Å². The van der Waals surface area contributed by atoms with Crippen molar-refractivity contribution < 1.29 is 13.3 Å². The second-order valence-electron chi connectivity index (χ2n) is 6.41. The van der Waals surface area contributed by atoms with Gasteiger partial charge in [0.05, 0.1) is 22.1 Å². The highest BCUT2D eigenvalue weighted by Gasteiger charge is 2.28. The molecule has 29 heavy (non-hydrogen) atoms. The van der Waals surface area contributed by atoms with Gasteiger partial charge >= 0.3 is 0 Å². The molecule has 0 fully saturated rings. The van der Waals surface area contributed by atoms with E-state index in [4.69, 9.17) is 0 Å². The summed E-state index contributed by atoms with van der Waals surface area (Å²) in [7, 11) is -4.06. The first-order chi connectivity index (χ1) is 13.9. The number of para-hydroxylation sites is 1. The minimum Gasteiger partial charge on any atom is -0.262 e. The maximum Gasteiger partial charge on any atom is 0.273 e. The molecule has 0 atom stereocenters. The summed E-state index contributed by atoms with van der Waals surface area (Å²) < 4.78 is 28.1. The van der Waals surface area contributed by atoms with Crippen molar-refractivity contribution in [3.8, 4) is 11.1 Å². The molecule has 0 N–H and O–H groups in total. The lowest BCUT2D eigenvalue weighted by atomic mass is 10.0. The molecule has 148 valence electrons. The second kappa shape index (κ2) is 8.28. The molecule has 0 saturated carbocycles. The molecule has 0 unspecified atom stereocenters. The lowest BCUT2D eigenvalue weighted by Crippen LogP contribution is -2.31. The highest BCUT2D eigenvalue weighted by Crippen LogP contribution is 2.35. The van der Waals surface area contributed by atoms with E-state index >= 15 is 0 Å². The van der Waals surface area contributed by atoms with Crippen LogP contribution in [0.15, 0.2) is 90.3 Å². The fourth-order valence-corrected chi connectivity index (χ4v) is 4.54. The van der Waals surface area contributed by atoms with Crippen molar-refractivity contribution in [1.29, 1.82) is 0 Å². The van der Waals surface area contributed by atoms with Crippen molar-refractivity contribution in [2.75, 3.05) is 10.8 Å². The number of nitro benzene ring substituents is 1. The van der Waals surface area contributed by atoms with Crippen molar-refractivity contribution in [3.05, 3.63) is 101 Å². The summed E-state index contributed by atoms with van der Waals surface area (Å²) in [6.45, 7) is 5.27. The maximum atomic E-state index is 13.4. The Morgan fingerprint density at radius 1 is 1.03 bits per heavy atom. The van der Waals surface area contributed by atoms with Gasteiger partial charge in [0.15, 0.2) is 0 Å². The van der Waals surface area contributed by atoms with Crippen LogP contribution in [-0.4, -0.2) is 19.9 Å². The Bertz CT molecular complexity index is 1160. The van der Waals surface area contributed by atoms with Crippen molar-refractivity contribution in [2.45, 2.75) is 11.8 Å². The van der Waals surface area contributed by atoms with Gasteiger partial charge in [-0.3, -0.25) is 14.4 Å². The molecule has 0 aliphatic rings. The van der Waals surface area contributed by atoms with Crippen LogP contribution in [-0.2, 0) is 10.0 Å². The van der Waals surface area contributed by atoms with Gasteiger partial charge in [0.2, 0.25) is 0 Å². The summed E-state index contributed by atoms with van der Waals surface area (Å²) in [5, 5.41) is 11.3. The average molecular weight is 408 g/mol. The Morgan fingerprint density at radius 3 is 2.34 bits per heavy atom. The molecule has 3 aromatic carbocycles. The van der Waals surface area contributed by atoms with E-state index in [1.165, 1.54) is 22.5 Å². The number of aryl methyl sites for hydroxylation is 1. The third kappa shape index (κ3) is 4.05. The Kier molecular flexibility index (Phi) is 5.79. The van der Waals surface area contributed by atoms with Crippen LogP contribution in [0.3, 0.4) is 0 Å². The minimum atomic E-state index is -4.06. The quantitative estimate of drug-likeness (QED) is 0.315. The number of sulfonamides is 1. The minimum absolute atomic E-state index is 0.0217. The third-order valence-corrected chi connectivity index (χ3v) is 6.29. The van der Waals surface area contributed by atoms with Crippen LogP contribution in [0.5, 0.6) is 0 Å². The predicted molar refractivity (Wildman–Crippen MR) is 114 cm³/mol. The maximum absolute atomic E-state index is 13.4. The van der Waals surface area contributed by atoms with E-state index in [-0.39, 0.29) is 17.1 Å². The number of nitrogens with zero attached hydrogens (tertiary/aromatic N) is 2. The predicted octanol–water partition coefficient (Wildman–Crippen LogP) is 4.95. The zero-order valence-corrected chi connectivity index (χ0v) is 16.7. The highest BCUT2D eigenvalue weighted by molar-refractivity contribution is 7.92. The normalized spacial score (nSPS) is 11.1. The topological polar surface area (TPSA) is 80.5 Å². The van der Waals surface area contributed by atoms with Gasteiger partial charge in [-0.1, -0.05) is 60.7 Å². The van der Waals surface area contributed by atoms with Crippen molar-refractivity contribution >= 4 is 21.4 Å². The zero-order chi connectivity index (χ0) is 21.0. The van der Waals surface area contributed by atoms with E-state index in [0.29, 0.717) is 11.3 Å². The van der Waals surface area contributed by atoms with E-state index < -0.39 is 14.9 Å². The number of benzene rings is 3. The van der Waals surface area contributed by atoms with Crippen LogP contribution in [0.25, 0.3) is 11.1 Å². The Balaban J connectivity index is 2.18. The average Bonchev–Trinajstić information content (AvgIpc) is 2.72. The highest BCUT2D eigenvalue weighted by atomic mass is 32.2. The molecule has 0 aliphatic heterocycles. The Morgan fingerprint density at radius 2 is 1.69 bits per heavy atom. The van der Waals surface area contributed by atoms with E-state index in [1.807, 2.05) is 42.5 Å². The van der Waals surface area contributed by atoms with E-state index in [0.717, 1.165) is 17.2 Å². The Labute approximate surface area is 169 Å². The standard InChI is InChI=1S/C22H20N2O4S/c1-3-15-23(21-12-8-7-11-20(21)18-9-5-4-6-10-18)29(27,28)19-14-13-17(2)22(16-19)24(25)26/h3-14,16H,1,15H2,2H3. The fourth-order valence-electron chi connectivity index (χ4n) is 3.07. The first-order valence-corrected chi connectivity index (χ1v) is 10.3. The van der Waals surface area contributed by atoms with Crippen LogP contribution in [0, 0.1) is 17.0 Å². The van der Waals surface area contributed by atoms with E-state index in [2.05, 4.69) is 6.58 Å². The lowest BCUT2D eigenvalue weighted by Gasteiger charge is -2.25. The molecule has 3 rings (SSSR count). The van der Waals surface area contributed by atoms with Crippen LogP contribution < -0.4 is 4.31 Å². The lowest BCUT2D eigenvalue weighted by molar-refractivity contribution is -0.385. The summed E-state index contributed by atoms with van der Waals surface area (Å²) >= 11 is 0. The van der Waals surface area contributed by atoms with Crippen LogP contribution in [0.4, 0.5) is 11.4 Å². The molecule has 0 radical (unpaired) electrons. The molecule has 0 bridgehead atoms. The van der Waals surface area contributed by atoms with Gasteiger partial charge in [0.25, 0.3) is 15.7 Å². The zero-order valence-electron chi connectivity index (χ0n) is 15.9. The molecule has 0 heterocycles. The second-order valence-corrected chi connectivity index (χ2v) is 8.28. The van der Waals surface area contributed by atoms with E-state index in [1.54, 1.807) is 19.1 Å². The number of hydrogen-bond donors (Lipinski definition) is 0. The number of anilines is 1. The molecule has 0 amide bonds. The van der Waals surface area contributed by atoms with Gasteiger partial charge in [-0.25, -0.2) is 8.42 Å². The van der Waals surface area contributed by atoms with Gasteiger partial charge in [0, 0.05) is 17.2 Å². The molecule has 0 saturated heterocycles. The first-order valence-electron chi connectivity index (χ1n) is 8.89. The molecule has 7 heteroatoms. The van der Waals surface area contributed by atoms with Crippen molar-refractivity contribution in [3.63, 3.8) is 0 Å². The van der Waals surface area contributed by atoms with Gasteiger partial charge in [-0.05, 0) is 24.6 Å². The Hall–Kier alpha value is -3.45. The summed E-state index contributed by atoms with van der Waals surface area (Å²) in [6, 6.07) is 20.5. The monoisotopic (exact) mass is 408 g/mol. The van der Waals surface area contributed by atoms with Crippen molar-refractivity contribution in [1.82, 2.24) is 0 Å². The number of rotatable bonds is 7. The molecule has 0 aromatic heterocycles. The number of hydrogen-bond acceptors (Lipinski definition) is 4. The van der Waals surface area contributed by atoms with Crippen LogP contribution in [0.1, 0.15) is 5.56 Å². The molecule has 0 spiro atoms. The SMILES string of the molecule is C=CCN(c1ccccc1-c1ccccc1)S(=O)(=O)c1ccc(C)c([N+](=O)[O-])c1. The van der Waals surface area contributed by atoms with Gasteiger partial charge in [-0.2, -0.15) is 0 Å². The number of nitro groups is 1. The molecule has 6 nitrogen and oxygen atoms in total. The molecule has 0 aliphatic carbocycles. The molecular formula is C22H20N2O4S. The van der Waals surface area contributed by atoms with Crippen LogP contribution >= 0.6 is 0 Å². The van der Waals surface area contributed by atoms with Crippen LogP contribution in [0.2, 0.25) is 0 Å². The molecular weight excluding hydrogens is 388 g/mol. The van der Waals surface area contributed by atoms with E-state index in [9.17, 15) is 18.5 Å². The third-order valence-electron chi connectivity index (χ3n) is 4.52. The van der Waals surface area contributed by atoms with Gasteiger partial charge in [0.1, 0.15) is 0 Å². The summed E-state index contributed by atoms with van der Waals surface area (Å²) in [6.07, 6.45) is 1.49. The largest absolute Gasteiger partial charge is 0.273 e. The molecule has 3 aromatic rings. The van der Waals surface area contributed by atoms with Gasteiger partial charge in [-0.15, -0.1) is 6.58 Å². The first kappa shape index (κ1) is 20.3. The summed E-state index contributed by atoms with van der Waals surface area (Å²) in [4.78, 5) is 10.6. The summed E-state index contributed by atoms with van der Waals surface area (Å²) in [5.41, 5.74) is 2.24.